The number of esters is 3. The molecule has 0 heterocycles. The quantitative estimate of drug-likeness (QED) is 0.0635. The van der Waals surface area contributed by atoms with Crippen LogP contribution in [0.3, 0.4) is 0 Å². The van der Waals surface area contributed by atoms with Gasteiger partial charge in [0.1, 0.15) is 36.8 Å². The molecule has 48 heavy (non-hydrogen) atoms. The van der Waals surface area contributed by atoms with E-state index in [9.17, 15) is 67.4 Å². The van der Waals surface area contributed by atoms with Crippen LogP contribution in [0.4, 0.5) is 0 Å². The van der Waals surface area contributed by atoms with E-state index in [1.54, 1.807) is 0 Å². The molecular weight excluding hydrogens is 717 g/mol. The van der Waals surface area contributed by atoms with Crippen molar-refractivity contribution < 1.29 is 100 Å². The van der Waals surface area contributed by atoms with Crippen molar-refractivity contribution in [3.63, 3.8) is 0 Å². The Morgan fingerprint density at radius 1 is 0.458 bits per heavy atom. The van der Waals surface area contributed by atoms with Gasteiger partial charge in [-0.3, -0.25) is 56.0 Å². The average molecular weight is 756 g/mol. The van der Waals surface area contributed by atoms with Crippen molar-refractivity contribution in [3.05, 3.63) is 0 Å². The third kappa shape index (κ3) is 13.6. The van der Waals surface area contributed by atoms with Gasteiger partial charge in [-0.15, -0.1) is 0 Å². The molecule has 1 saturated carbocycles. The summed E-state index contributed by atoms with van der Waals surface area (Å²) < 4.78 is 70.4. The van der Waals surface area contributed by atoms with Crippen molar-refractivity contribution in [2.24, 2.45) is 17.8 Å². The minimum Gasteiger partial charge on any atom is -0.481 e. The Morgan fingerprint density at radius 2 is 0.646 bits per heavy atom. The number of carboxylic acids is 3. The molecule has 0 spiro atoms. The van der Waals surface area contributed by atoms with E-state index in [1.165, 1.54) is 41.5 Å². The van der Waals surface area contributed by atoms with E-state index in [4.69, 9.17) is 32.9 Å². The number of hydrogen-bond acceptors (Lipinski definition) is 15. The fourth-order valence-electron chi connectivity index (χ4n) is 3.89. The molecule has 0 aromatic rings. The van der Waals surface area contributed by atoms with E-state index in [2.05, 4.69) is 0 Å². The highest BCUT2D eigenvalue weighted by Gasteiger charge is 2.62. The van der Waals surface area contributed by atoms with E-state index in [-0.39, 0.29) is 0 Å². The van der Waals surface area contributed by atoms with Crippen LogP contribution in [0.2, 0.25) is 0 Å². The number of carbonyl (C=O) groups excluding carboxylic acids is 3. The molecule has 24 heteroatoms. The molecule has 9 atom stereocenters. The number of hydrogen-bond donors (Lipinski definition) is 6. The average Bonchev–Trinajstić information content (AvgIpc) is 2.86. The fraction of sp³-hybridized carbons (Fsp3) is 0.750. The normalized spacial score (nSPS) is 26.5. The van der Waals surface area contributed by atoms with Crippen LogP contribution in [0.15, 0.2) is 0 Å². The highest BCUT2D eigenvalue weighted by Crippen LogP contribution is 2.54. The lowest BCUT2D eigenvalue weighted by Gasteiger charge is -2.49. The molecule has 0 aromatic heterocycles. The van der Waals surface area contributed by atoms with Gasteiger partial charge in [0.05, 0.1) is 17.8 Å². The van der Waals surface area contributed by atoms with Crippen molar-refractivity contribution in [3.8, 4) is 0 Å². The maximum atomic E-state index is 13.0. The first-order chi connectivity index (χ1) is 21.7. The molecule has 0 saturated heterocycles. The lowest BCUT2D eigenvalue weighted by Crippen LogP contribution is -2.68. The van der Waals surface area contributed by atoms with Gasteiger partial charge < -0.3 is 44.2 Å². The molecule has 0 bridgehead atoms. The van der Waals surface area contributed by atoms with Crippen LogP contribution in [0.25, 0.3) is 0 Å². The fourth-order valence-corrected chi connectivity index (χ4v) is 7.00. The van der Waals surface area contributed by atoms with E-state index in [1.807, 2.05) is 0 Å². The van der Waals surface area contributed by atoms with Gasteiger partial charge in [0.15, 0.2) is 18.3 Å². The summed E-state index contributed by atoms with van der Waals surface area (Å²) in [4.78, 5) is 104. The van der Waals surface area contributed by atoms with Gasteiger partial charge in [-0.05, 0) is 0 Å². The molecule has 5 unspecified atom stereocenters. The molecule has 276 valence electrons. The summed E-state index contributed by atoms with van der Waals surface area (Å²) in [6, 6.07) is 0. The summed E-state index contributed by atoms with van der Waals surface area (Å²) >= 11 is 0. The summed E-state index contributed by atoms with van der Waals surface area (Å²) in [7, 11) is -16.5. The predicted molar refractivity (Wildman–Crippen MR) is 156 cm³/mol. The largest absolute Gasteiger partial charge is 0.481 e. The Balaban J connectivity index is 4.32. The molecule has 6 N–H and O–H groups in total. The number of rotatable bonds is 18. The van der Waals surface area contributed by atoms with Crippen molar-refractivity contribution in [1.82, 2.24) is 0 Å². The van der Waals surface area contributed by atoms with Crippen molar-refractivity contribution in [2.45, 2.75) is 78.2 Å². The molecule has 0 amide bonds. The van der Waals surface area contributed by atoms with Crippen molar-refractivity contribution >= 4 is 58.6 Å². The summed E-state index contributed by atoms with van der Waals surface area (Å²) in [5.74, 6) is -12.5. The van der Waals surface area contributed by atoms with Gasteiger partial charge in [-0.1, -0.05) is 41.5 Å². The highest BCUT2D eigenvalue weighted by atomic mass is 31.2. The van der Waals surface area contributed by atoms with Crippen molar-refractivity contribution in [1.29, 1.82) is 0 Å². The topological polar surface area (TPSA) is 330 Å². The predicted octanol–water partition coefficient (Wildman–Crippen LogP) is 0.669. The van der Waals surface area contributed by atoms with E-state index < -0.39 is 131 Å². The summed E-state index contributed by atoms with van der Waals surface area (Å²) in [5, 5.41) is 27.5. The second-order valence-corrected chi connectivity index (χ2v) is 16.9. The third-order valence-electron chi connectivity index (χ3n) is 5.98. The van der Waals surface area contributed by atoms with Gasteiger partial charge in [0.2, 0.25) is 0 Å². The number of carbonyl (C=O) groups is 6. The van der Waals surface area contributed by atoms with Gasteiger partial charge in [0.25, 0.3) is 0 Å². The van der Waals surface area contributed by atoms with Crippen LogP contribution in [-0.2, 0) is 70.2 Å². The number of ether oxygens (including phenoxy) is 3. The molecule has 1 aliphatic rings. The van der Waals surface area contributed by atoms with E-state index >= 15 is 0 Å². The molecule has 0 radical (unpaired) electrons. The lowest BCUT2D eigenvalue weighted by atomic mass is 9.84. The second kappa shape index (κ2) is 17.3. The Morgan fingerprint density at radius 3 is 0.833 bits per heavy atom. The minimum atomic E-state index is -5.52. The van der Waals surface area contributed by atoms with E-state index in [0.29, 0.717) is 0 Å². The lowest BCUT2D eigenvalue weighted by molar-refractivity contribution is -0.240. The third-order valence-corrected chi connectivity index (χ3v) is 9.71. The van der Waals surface area contributed by atoms with Crippen LogP contribution in [0, 0.1) is 17.8 Å². The highest BCUT2D eigenvalue weighted by molar-refractivity contribution is 7.54. The monoisotopic (exact) mass is 756 g/mol. The summed E-state index contributed by atoms with van der Waals surface area (Å²) in [5.41, 5.74) is 0. The smallest absolute Gasteiger partial charge is 0.339 e. The first kappa shape index (κ1) is 43.3. The maximum absolute atomic E-state index is 13.0. The molecule has 1 aliphatic carbocycles. The standard InChI is InChI=1S/C24H39O21P3/c1-10(2)22(31)40-16-17(41-23(32)11(3)4)19(43-46(34,35)7-13(25)26)21(45-48(38,39)9-15(29)30)20(18(16)42-24(33)12(5)6)44-47(36,37)8-14(27)28/h10-12,16-21H,7-9H2,1-6H3,(H,25,26)(H,27,28)(H,29,30)(H,34,35)(H,36,37)(H,38,39)/t16?,17-,18+,19-,20-,21?/m0/s1. The molecular formula is C24H39O21P3. The van der Waals surface area contributed by atoms with Crippen LogP contribution in [0.5, 0.6) is 0 Å². The van der Waals surface area contributed by atoms with E-state index in [0.717, 1.165) is 0 Å². The molecule has 0 aliphatic heterocycles. The zero-order valence-corrected chi connectivity index (χ0v) is 29.1. The second-order valence-electron chi connectivity index (χ2n) is 11.4. The molecule has 1 rings (SSSR count). The van der Waals surface area contributed by atoms with Gasteiger partial charge in [0, 0.05) is 0 Å². The molecule has 0 aromatic carbocycles. The molecule has 1 fully saturated rings. The first-order valence-electron chi connectivity index (χ1n) is 14.0. The van der Waals surface area contributed by atoms with Crippen LogP contribution >= 0.6 is 22.8 Å². The zero-order valence-electron chi connectivity index (χ0n) is 26.5. The minimum absolute atomic E-state index is 1.01. The SMILES string of the molecule is CC(C)C(=O)OC1[C@@H](OC(=O)C(C)C)[C@H](OP(=O)(O)CC(=O)O)C(OP(=O)(O)CC(=O)O)[C@@H](OP(=O)(O)CC(=O)O)[C@H]1OC(=O)C(C)C. The van der Waals surface area contributed by atoms with Crippen LogP contribution in [0.1, 0.15) is 41.5 Å². The Labute approximate surface area is 273 Å². The number of aliphatic carboxylic acids is 3. The first-order valence-corrected chi connectivity index (χ1v) is 19.2. The summed E-state index contributed by atoms with van der Waals surface area (Å²) in [6.45, 7) is 7.77. The Bertz CT molecular complexity index is 1300. The van der Waals surface area contributed by atoms with Gasteiger partial charge >= 0.3 is 58.6 Å². The van der Waals surface area contributed by atoms with Crippen LogP contribution < -0.4 is 0 Å². The van der Waals surface area contributed by atoms with Crippen molar-refractivity contribution in [2.75, 3.05) is 18.5 Å². The number of carboxylic acid groups (broad SMARTS) is 3. The van der Waals surface area contributed by atoms with Crippen LogP contribution in [-0.4, -0.2) is 121 Å². The zero-order chi connectivity index (χ0) is 37.5. The Hall–Kier alpha value is -2.73. The van der Waals surface area contributed by atoms with Gasteiger partial charge in [-0.25, -0.2) is 0 Å². The maximum Gasteiger partial charge on any atom is 0.339 e. The van der Waals surface area contributed by atoms with Gasteiger partial charge in [-0.2, -0.15) is 0 Å². The molecule has 21 nitrogen and oxygen atoms in total. The Kier molecular flexibility index (Phi) is 15.6. The summed E-state index contributed by atoms with van der Waals surface area (Å²) in [6.07, 6.45) is -20.0.